The maximum Gasteiger partial charge on any atom is 0.438 e. The molecule has 3 fully saturated rings. The van der Waals surface area contributed by atoms with Gasteiger partial charge in [-0.3, -0.25) is 28.1 Å². The normalized spacial score (nSPS) is 21.9. The topological polar surface area (TPSA) is 156 Å². The van der Waals surface area contributed by atoms with E-state index in [1.54, 1.807) is 29.2 Å². The number of halogens is 2. The van der Waals surface area contributed by atoms with Gasteiger partial charge in [0.05, 0.1) is 46.3 Å². The molecule has 5 aliphatic rings. The first-order chi connectivity index (χ1) is 32.6. The maximum absolute atomic E-state index is 16.5. The molecule has 0 bridgehead atoms. The van der Waals surface area contributed by atoms with Gasteiger partial charge in [0, 0.05) is 55.0 Å². The fourth-order valence-electron chi connectivity index (χ4n) is 11.9. The molecular formula is C50H48F2N10O5. The van der Waals surface area contributed by atoms with Crippen LogP contribution in [0.2, 0.25) is 0 Å². The first-order valence-corrected chi connectivity index (χ1v) is 23.6. The van der Waals surface area contributed by atoms with Crippen molar-refractivity contribution >= 4 is 27.7 Å². The van der Waals surface area contributed by atoms with Crippen molar-refractivity contribution < 1.29 is 22.8 Å². The second-order valence-corrected chi connectivity index (χ2v) is 19.3. The Balaban J connectivity index is 0.952. The van der Waals surface area contributed by atoms with Gasteiger partial charge in [-0.25, -0.2) is 23.1 Å². The van der Waals surface area contributed by atoms with Gasteiger partial charge in [-0.1, -0.05) is 18.1 Å². The molecule has 3 unspecified atom stereocenters. The zero-order chi connectivity index (χ0) is 45.5. The van der Waals surface area contributed by atoms with Crippen LogP contribution in [0.1, 0.15) is 121 Å². The molecule has 67 heavy (non-hydrogen) atoms. The Morgan fingerprint density at radius 3 is 2.42 bits per heavy atom. The van der Waals surface area contributed by atoms with E-state index < -0.39 is 28.8 Å². The number of nitrogens with zero attached hydrogens (tertiary/aromatic N) is 9. The summed E-state index contributed by atoms with van der Waals surface area (Å²) in [5, 5.41) is 15.1. The molecule has 7 heterocycles. The molecule has 1 saturated heterocycles. The van der Waals surface area contributed by atoms with Gasteiger partial charge < -0.3 is 14.2 Å². The molecular weight excluding hydrogens is 859 g/mol. The van der Waals surface area contributed by atoms with E-state index in [2.05, 4.69) is 40.4 Å². The van der Waals surface area contributed by atoms with Crippen LogP contribution in [0.3, 0.4) is 0 Å². The molecule has 342 valence electrons. The lowest BCUT2D eigenvalue weighted by molar-refractivity contribution is 0.0663. The van der Waals surface area contributed by atoms with Crippen LogP contribution in [-0.2, 0) is 29.5 Å². The smallest absolute Gasteiger partial charge is 0.381 e. The number of carbonyl (C=O) groups is 1. The Kier molecular flexibility index (Phi) is 8.93. The second kappa shape index (κ2) is 14.8. The first kappa shape index (κ1) is 40.4. The van der Waals surface area contributed by atoms with Crippen molar-refractivity contribution in [3.05, 3.63) is 139 Å². The van der Waals surface area contributed by atoms with Gasteiger partial charge >= 0.3 is 11.4 Å². The number of benzene rings is 3. The molecule has 3 atom stereocenters. The van der Waals surface area contributed by atoms with Crippen LogP contribution in [0.15, 0.2) is 81.2 Å². The number of amides is 1. The van der Waals surface area contributed by atoms with Crippen LogP contribution in [0.4, 0.5) is 8.78 Å². The summed E-state index contributed by atoms with van der Waals surface area (Å²) >= 11 is 0. The van der Waals surface area contributed by atoms with Crippen molar-refractivity contribution in [1.82, 2.24) is 48.3 Å². The summed E-state index contributed by atoms with van der Waals surface area (Å²) in [7, 11) is 0. The van der Waals surface area contributed by atoms with Crippen LogP contribution < -0.4 is 11.4 Å². The van der Waals surface area contributed by atoms with Crippen LogP contribution in [0, 0.1) is 17.6 Å². The van der Waals surface area contributed by atoms with Crippen molar-refractivity contribution in [1.29, 1.82) is 0 Å². The minimum absolute atomic E-state index is 0.0126. The van der Waals surface area contributed by atoms with E-state index >= 15 is 13.6 Å². The standard InChI is InChI=1S/C50H48F2N10O5/c1-27-25-50(27,47-54-48(64)67-56-47)60-38-11-9-30(29-16-21-66-22-17-29)23-31(38)24-42(60)46(63)57-18-15-37-43(28(57)2)45(62(55-37)39-12-10-36(51)33-7-4-8-34(33)39)59-20-19-58(49(59)65)41-14-13-40-35(44(41)52)26-53-61(40)32-5-3-6-32/h9-14,19-20,23-24,26-29,32H,3-8,15-18,21-22,25H2,1-2H3,(H,54,56,64). The third-order valence-electron chi connectivity index (χ3n) is 15.8. The number of carbonyl (C=O) groups excluding carboxylic acids is 1. The summed E-state index contributed by atoms with van der Waals surface area (Å²) in [5.41, 5.74) is 5.33. The number of imidazole rings is 1. The molecule has 0 radical (unpaired) electrons. The summed E-state index contributed by atoms with van der Waals surface area (Å²) < 4.78 is 51.0. The molecule has 2 saturated carbocycles. The highest BCUT2D eigenvalue weighted by atomic mass is 19.1. The van der Waals surface area contributed by atoms with Crippen LogP contribution in [0.5, 0.6) is 0 Å². The molecule has 5 aromatic heterocycles. The molecule has 15 nitrogen and oxygen atoms in total. The molecule has 1 N–H and O–H groups in total. The van der Waals surface area contributed by atoms with Crippen molar-refractivity contribution in [3.63, 3.8) is 0 Å². The van der Waals surface area contributed by atoms with Gasteiger partial charge in [-0.2, -0.15) is 10.2 Å². The average molecular weight is 907 g/mol. The molecule has 13 rings (SSSR count). The lowest BCUT2D eigenvalue weighted by atomic mass is 9.91. The van der Waals surface area contributed by atoms with Gasteiger partial charge in [0.2, 0.25) is 0 Å². The van der Waals surface area contributed by atoms with Gasteiger partial charge in [-0.15, -0.1) is 0 Å². The SMILES string of the molecule is CC1c2c(nn(-c3ccc(F)c4c3CCC4)c2-n2ccn(-c3ccc4c(cnn4C4CCC4)c3F)c2=O)CCN1C(=O)c1cc2cc(C3CCOCC3)ccc2n1C1(c2noc(=O)[nH]2)CC1C. The minimum Gasteiger partial charge on any atom is -0.381 e. The van der Waals surface area contributed by atoms with E-state index in [0.29, 0.717) is 102 Å². The minimum atomic E-state index is -0.841. The Bertz CT molecular complexity index is 3470. The number of hydrogen-bond acceptors (Lipinski definition) is 8. The van der Waals surface area contributed by atoms with Gasteiger partial charge in [-0.05, 0) is 136 Å². The van der Waals surface area contributed by atoms with Crippen LogP contribution in [-0.4, -0.2) is 74.0 Å². The van der Waals surface area contributed by atoms with E-state index in [-0.39, 0.29) is 29.4 Å². The number of aromatic nitrogens is 9. The second-order valence-electron chi connectivity index (χ2n) is 19.3. The highest BCUT2D eigenvalue weighted by Crippen LogP contribution is 2.56. The Morgan fingerprint density at radius 2 is 1.66 bits per heavy atom. The number of nitrogens with one attached hydrogen (secondary N) is 1. The van der Waals surface area contributed by atoms with E-state index in [9.17, 15) is 9.59 Å². The van der Waals surface area contributed by atoms with Crippen molar-refractivity contribution in [2.75, 3.05) is 19.8 Å². The number of H-pyrrole nitrogens is 1. The van der Waals surface area contributed by atoms with E-state index in [4.69, 9.17) is 14.4 Å². The summed E-state index contributed by atoms with van der Waals surface area (Å²) in [6.07, 6.45) is 12.6. The lowest BCUT2D eigenvalue weighted by Crippen LogP contribution is -2.41. The molecule has 1 amide bonds. The number of aromatic amines is 1. The molecule has 3 aliphatic carbocycles. The third-order valence-corrected chi connectivity index (χ3v) is 15.8. The molecule has 0 spiro atoms. The largest absolute Gasteiger partial charge is 0.438 e. The van der Waals surface area contributed by atoms with Gasteiger partial charge in [0.1, 0.15) is 22.9 Å². The van der Waals surface area contributed by atoms with E-state index in [0.717, 1.165) is 55.0 Å². The lowest BCUT2D eigenvalue weighted by Gasteiger charge is -2.34. The van der Waals surface area contributed by atoms with Crippen LogP contribution >= 0.6 is 0 Å². The number of ether oxygens (including phenoxy) is 1. The zero-order valence-electron chi connectivity index (χ0n) is 37.2. The molecule has 17 heteroatoms. The predicted molar refractivity (Wildman–Crippen MR) is 242 cm³/mol. The highest BCUT2D eigenvalue weighted by Gasteiger charge is 2.59. The molecule has 3 aromatic carbocycles. The Labute approximate surface area is 381 Å². The average Bonchev–Trinajstić information content (AvgIpc) is 4.08. The quantitative estimate of drug-likeness (QED) is 0.163. The molecule has 8 aromatic rings. The van der Waals surface area contributed by atoms with Gasteiger partial charge in [0.15, 0.2) is 11.6 Å². The highest BCUT2D eigenvalue weighted by molar-refractivity contribution is 6.00. The van der Waals surface area contributed by atoms with E-state index in [1.165, 1.54) is 27.0 Å². The van der Waals surface area contributed by atoms with E-state index in [1.807, 2.05) is 33.2 Å². The number of hydrogen-bond donors (Lipinski definition) is 1. The van der Waals surface area contributed by atoms with Gasteiger partial charge in [0.25, 0.3) is 5.91 Å². The Morgan fingerprint density at radius 1 is 0.881 bits per heavy atom. The predicted octanol–water partition coefficient (Wildman–Crippen LogP) is 7.72. The fraction of sp³-hybridized carbons (Fsp3) is 0.400. The number of rotatable bonds is 8. The van der Waals surface area contributed by atoms with Crippen molar-refractivity contribution in [3.8, 4) is 17.2 Å². The molecule has 2 aliphatic heterocycles. The summed E-state index contributed by atoms with van der Waals surface area (Å²) in [6.45, 7) is 5.72. The van der Waals surface area contributed by atoms with Crippen molar-refractivity contribution in [2.24, 2.45) is 5.92 Å². The number of fused-ring (bicyclic) bond motifs is 4. The van der Waals surface area contributed by atoms with Crippen molar-refractivity contribution in [2.45, 2.75) is 102 Å². The zero-order valence-corrected chi connectivity index (χ0v) is 37.2. The summed E-state index contributed by atoms with van der Waals surface area (Å²) in [6, 6.07) is 14.5. The third kappa shape index (κ3) is 5.88. The summed E-state index contributed by atoms with van der Waals surface area (Å²) in [4.78, 5) is 47.6. The first-order valence-electron chi connectivity index (χ1n) is 23.6. The summed E-state index contributed by atoms with van der Waals surface area (Å²) in [5.74, 6) is -0.628. The monoisotopic (exact) mass is 906 g/mol. The van der Waals surface area contributed by atoms with Crippen LogP contribution in [0.25, 0.3) is 39.0 Å². The fourth-order valence-corrected chi connectivity index (χ4v) is 11.9. The Hall–Kier alpha value is -6.88. The maximum atomic E-state index is 16.5.